The van der Waals surface area contributed by atoms with Crippen LogP contribution in [0, 0.1) is 5.41 Å². The minimum absolute atomic E-state index is 0.0741. The van der Waals surface area contributed by atoms with Crippen LogP contribution in [-0.2, 0) is 28.2 Å². The Morgan fingerprint density at radius 1 is 1.16 bits per heavy atom. The minimum Gasteiger partial charge on any atom is -0.465 e. The smallest absolute Gasteiger partial charge is 0.317 e. The number of ether oxygens (including phenoxy) is 4. The first-order valence-electron chi connectivity index (χ1n) is 11.3. The SMILES string of the molecule is CCOC(=O)C(C)(C)[C@]1(O)OC[C@H]2O[C@@H](c3ccccc3)O[C@H]2[C@H]1O[Si](C)(C)C(C)(C)C. The number of benzene rings is 1. The lowest BCUT2D eigenvalue weighted by Gasteiger charge is -2.53. The molecule has 2 heterocycles. The second-order valence-corrected chi connectivity index (χ2v) is 15.4. The number of carbonyl (C=O) groups is 1. The topological polar surface area (TPSA) is 83.5 Å². The van der Waals surface area contributed by atoms with Crippen molar-refractivity contribution in [3.05, 3.63) is 35.9 Å². The van der Waals surface area contributed by atoms with Gasteiger partial charge in [-0.25, -0.2) is 0 Å². The zero-order valence-electron chi connectivity index (χ0n) is 20.5. The van der Waals surface area contributed by atoms with E-state index in [4.69, 9.17) is 23.4 Å². The maximum atomic E-state index is 12.9. The van der Waals surface area contributed by atoms with E-state index in [2.05, 4.69) is 33.9 Å². The monoisotopic (exact) mass is 466 g/mol. The summed E-state index contributed by atoms with van der Waals surface area (Å²) in [4.78, 5) is 12.9. The molecule has 0 spiro atoms. The third-order valence-corrected chi connectivity index (χ3v) is 11.5. The highest BCUT2D eigenvalue weighted by Gasteiger charge is 2.66. The minimum atomic E-state index is -2.40. The summed E-state index contributed by atoms with van der Waals surface area (Å²) in [5.41, 5.74) is -0.518. The molecule has 7 nitrogen and oxygen atoms in total. The van der Waals surface area contributed by atoms with Gasteiger partial charge in [0.2, 0.25) is 5.79 Å². The third kappa shape index (κ3) is 4.41. The van der Waals surface area contributed by atoms with Crippen molar-refractivity contribution in [2.75, 3.05) is 13.2 Å². The van der Waals surface area contributed by atoms with Crippen LogP contribution in [0.15, 0.2) is 30.3 Å². The normalized spacial score (nSPS) is 31.3. The molecule has 32 heavy (non-hydrogen) atoms. The molecule has 180 valence electrons. The Morgan fingerprint density at radius 2 is 1.78 bits per heavy atom. The molecule has 0 unspecified atom stereocenters. The van der Waals surface area contributed by atoms with Gasteiger partial charge in [0, 0.05) is 5.56 Å². The van der Waals surface area contributed by atoms with Crippen LogP contribution in [0.25, 0.3) is 0 Å². The molecule has 2 aliphatic heterocycles. The van der Waals surface area contributed by atoms with E-state index < -0.39 is 50.1 Å². The first kappa shape index (κ1) is 25.3. The van der Waals surface area contributed by atoms with Crippen LogP contribution >= 0.6 is 0 Å². The van der Waals surface area contributed by atoms with E-state index in [1.54, 1.807) is 20.8 Å². The summed E-state index contributed by atoms with van der Waals surface area (Å²) in [6, 6.07) is 9.63. The van der Waals surface area contributed by atoms with Gasteiger partial charge in [-0.3, -0.25) is 4.79 Å². The molecule has 5 atom stereocenters. The molecule has 0 aromatic heterocycles. The number of fused-ring (bicyclic) bond motifs is 1. The fourth-order valence-corrected chi connectivity index (χ4v) is 5.10. The molecule has 2 saturated heterocycles. The molecule has 0 saturated carbocycles. The van der Waals surface area contributed by atoms with Crippen LogP contribution in [0.2, 0.25) is 18.1 Å². The van der Waals surface area contributed by atoms with E-state index in [9.17, 15) is 9.90 Å². The van der Waals surface area contributed by atoms with Crippen LogP contribution < -0.4 is 0 Å². The van der Waals surface area contributed by atoms with Crippen LogP contribution in [0.3, 0.4) is 0 Å². The molecule has 0 radical (unpaired) electrons. The second-order valence-electron chi connectivity index (χ2n) is 10.7. The Bertz CT molecular complexity index is 804. The molecule has 0 aliphatic carbocycles. The number of rotatable bonds is 6. The molecule has 0 amide bonds. The first-order valence-corrected chi connectivity index (χ1v) is 14.2. The average molecular weight is 467 g/mol. The summed E-state index contributed by atoms with van der Waals surface area (Å²) in [6.07, 6.45) is -2.58. The number of carbonyl (C=O) groups excluding carboxylic acids is 1. The highest BCUT2D eigenvalue weighted by atomic mass is 28.4. The summed E-state index contributed by atoms with van der Waals surface area (Å²) < 4.78 is 30.5. The summed E-state index contributed by atoms with van der Waals surface area (Å²) in [6.45, 7) is 15.8. The first-order chi connectivity index (χ1) is 14.7. The zero-order valence-corrected chi connectivity index (χ0v) is 21.5. The summed E-state index contributed by atoms with van der Waals surface area (Å²) >= 11 is 0. The highest BCUT2D eigenvalue weighted by Crippen LogP contribution is 2.49. The van der Waals surface area contributed by atoms with Gasteiger partial charge in [-0.15, -0.1) is 0 Å². The number of hydrogen-bond acceptors (Lipinski definition) is 7. The molecule has 2 fully saturated rings. The zero-order chi connectivity index (χ0) is 23.9. The summed E-state index contributed by atoms with van der Waals surface area (Å²) in [5.74, 6) is -2.51. The Labute approximate surface area is 192 Å². The molecule has 8 heteroatoms. The Kier molecular flexibility index (Phi) is 6.98. The predicted molar refractivity (Wildman–Crippen MR) is 122 cm³/mol. The van der Waals surface area contributed by atoms with Crippen LogP contribution in [0.1, 0.15) is 53.4 Å². The van der Waals surface area contributed by atoms with E-state index in [0.29, 0.717) is 0 Å². The lowest BCUT2D eigenvalue weighted by atomic mass is 9.76. The fraction of sp³-hybridized carbons (Fsp3) is 0.708. The van der Waals surface area contributed by atoms with Crippen molar-refractivity contribution in [1.82, 2.24) is 0 Å². The van der Waals surface area contributed by atoms with Crippen LogP contribution in [0.4, 0.5) is 0 Å². The van der Waals surface area contributed by atoms with Crippen molar-refractivity contribution in [2.24, 2.45) is 5.41 Å². The van der Waals surface area contributed by atoms with Crippen molar-refractivity contribution in [2.45, 2.75) is 90.1 Å². The molecular formula is C24H38O7Si. The van der Waals surface area contributed by atoms with Gasteiger partial charge < -0.3 is 28.5 Å². The van der Waals surface area contributed by atoms with Gasteiger partial charge in [0.25, 0.3) is 0 Å². The standard InChI is InChI=1S/C24H38O7Si/c1-9-27-21(25)23(5,6)24(26)19(31-32(7,8)22(2,3)4)18-17(15-28-24)29-20(30-18)16-13-11-10-12-14-16/h10-14,17-20,26H,9,15H2,1-8H3/t17-,18-,19-,20-,24-/m1/s1. The van der Waals surface area contributed by atoms with Gasteiger partial charge in [-0.1, -0.05) is 51.1 Å². The molecule has 2 aliphatic rings. The molecule has 0 bridgehead atoms. The van der Waals surface area contributed by atoms with Crippen molar-refractivity contribution >= 4 is 14.3 Å². The van der Waals surface area contributed by atoms with Crippen molar-refractivity contribution in [3.8, 4) is 0 Å². The van der Waals surface area contributed by atoms with Crippen LogP contribution in [-0.4, -0.2) is 56.7 Å². The van der Waals surface area contributed by atoms with E-state index in [1.807, 2.05) is 30.3 Å². The molecular weight excluding hydrogens is 428 g/mol. The molecule has 1 aromatic rings. The third-order valence-electron chi connectivity index (χ3n) is 7.08. The molecule has 3 rings (SSSR count). The molecule has 1 aromatic carbocycles. The molecule has 1 N–H and O–H groups in total. The van der Waals surface area contributed by atoms with Crippen molar-refractivity contribution in [1.29, 1.82) is 0 Å². The van der Waals surface area contributed by atoms with Crippen molar-refractivity contribution in [3.63, 3.8) is 0 Å². The summed E-state index contributed by atoms with van der Waals surface area (Å²) in [5, 5.41) is 11.8. The van der Waals surface area contributed by atoms with Gasteiger partial charge >= 0.3 is 5.97 Å². The largest absolute Gasteiger partial charge is 0.465 e. The van der Waals surface area contributed by atoms with Crippen molar-refractivity contribution < 1.29 is 33.3 Å². The van der Waals surface area contributed by atoms with Crippen LogP contribution in [0.5, 0.6) is 0 Å². The van der Waals surface area contributed by atoms with Gasteiger partial charge in [-0.2, -0.15) is 0 Å². The fourth-order valence-electron chi connectivity index (χ4n) is 3.82. The van der Waals surface area contributed by atoms with E-state index >= 15 is 0 Å². The number of aliphatic hydroxyl groups is 1. The van der Waals surface area contributed by atoms with Gasteiger partial charge in [0.15, 0.2) is 14.6 Å². The number of hydrogen-bond donors (Lipinski definition) is 1. The average Bonchev–Trinajstić information content (AvgIpc) is 3.14. The van der Waals surface area contributed by atoms with E-state index in [-0.39, 0.29) is 18.3 Å². The second kappa shape index (κ2) is 8.81. The Balaban J connectivity index is 2.00. The summed E-state index contributed by atoms with van der Waals surface area (Å²) in [7, 11) is -2.40. The highest BCUT2D eigenvalue weighted by molar-refractivity contribution is 6.74. The van der Waals surface area contributed by atoms with Gasteiger partial charge in [0.05, 0.1) is 13.2 Å². The maximum Gasteiger partial charge on any atom is 0.317 e. The Morgan fingerprint density at radius 3 is 2.34 bits per heavy atom. The number of esters is 1. The lowest BCUT2D eigenvalue weighted by molar-refractivity contribution is -0.342. The van der Waals surface area contributed by atoms with E-state index in [1.165, 1.54) is 0 Å². The van der Waals surface area contributed by atoms with Gasteiger partial charge in [0.1, 0.15) is 23.7 Å². The lowest BCUT2D eigenvalue weighted by Crippen LogP contribution is -2.70. The Hall–Kier alpha value is -1.29. The predicted octanol–water partition coefficient (Wildman–Crippen LogP) is 4.17. The maximum absolute atomic E-state index is 12.9. The van der Waals surface area contributed by atoms with Gasteiger partial charge in [-0.05, 0) is 38.9 Å². The van der Waals surface area contributed by atoms with E-state index in [0.717, 1.165) is 5.56 Å². The quantitative estimate of drug-likeness (QED) is 0.498.